The molecule has 2 aromatic carbocycles. The van der Waals surface area contributed by atoms with Crippen LogP contribution < -0.4 is 29.6 Å². The molecule has 0 saturated carbocycles. The van der Waals surface area contributed by atoms with E-state index in [2.05, 4.69) is 31.6 Å². The zero-order valence-electron chi connectivity index (χ0n) is 15.9. The van der Waals surface area contributed by atoms with Crippen molar-refractivity contribution in [2.75, 3.05) is 28.1 Å². The van der Waals surface area contributed by atoms with E-state index in [9.17, 15) is 0 Å². The average Bonchev–Trinajstić information content (AvgIpc) is 3.17. The number of fused-ring (bicyclic) bond motifs is 1. The molecule has 0 unspecified atom stereocenters. The van der Waals surface area contributed by atoms with Crippen molar-refractivity contribution in [2.24, 2.45) is 4.99 Å². The van der Waals surface area contributed by atoms with Gasteiger partial charge in [-0.05, 0) is 51.3 Å². The van der Waals surface area contributed by atoms with Crippen molar-refractivity contribution in [1.29, 1.82) is 0 Å². The number of rotatable bonds is 6. The third-order valence-electron chi connectivity index (χ3n) is 4.08. The summed E-state index contributed by atoms with van der Waals surface area (Å²) < 4.78 is 22.3. The summed E-state index contributed by atoms with van der Waals surface area (Å²) in [7, 11) is 4.98. The third kappa shape index (κ3) is 5.34. The molecule has 1 aliphatic heterocycles. The van der Waals surface area contributed by atoms with Crippen LogP contribution in [0.5, 0.6) is 23.0 Å². The summed E-state index contributed by atoms with van der Waals surface area (Å²) in [6, 6.07) is 9.77. The minimum Gasteiger partial charge on any atom is -0.493 e. The van der Waals surface area contributed by atoms with E-state index < -0.39 is 0 Å². The van der Waals surface area contributed by atoms with Crippen LogP contribution >= 0.6 is 39.9 Å². The molecule has 0 saturated heterocycles. The summed E-state index contributed by atoms with van der Waals surface area (Å²) in [6.45, 7) is 1.45. The molecule has 7 nitrogen and oxygen atoms in total. The van der Waals surface area contributed by atoms with Crippen LogP contribution in [0.1, 0.15) is 11.1 Å². The maximum atomic E-state index is 5.45. The van der Waals surface area contributed by atoms with Gasteiger partial charge in [0, 0.05) is 20.1 Å². The second-order valence-electron chi connectivity index (χ2n) is 5.78. The Balaban J connectivity index is 0.00000280. The lowest BCUT2D eigenvalue weighted by atomic mass is 10.2. The van der Waals surface area contributed by atoms with Crippen LogP contribution in [0.15, 0.2) is 39.8 Å². The molecular formula is C19H23BrIN3O4. The van der Waals surface area contributed by atoms with Gasteiger partial charge in [-0.15, -0.1) is 24.0 Å². The standard InChI is InChI=1S/C19H22BrN3O4.HI/c1-21-19(22-9-12-4-5-15(24-2)16(7-12)25-3)23-10-13-6-14(20)18-17(8-13)26-11-27-18;/h4-8H,9-11H2,1-3H3,(H2,21,22,23);1H. The lowest BCUT2D eigenvalue weighted by Gasteiger charge is -2.14. The number of hydrogen-bond acceptors (Lipinski definition) is 5. The Hall–Kier alpha value is -1.88. The van der Waals surface area contributed by atoms with Gasteiger partial charge >= 0.3 is 0 Å². The first-order valence-corrected chi connectivity index (χ1v) is 9.17. The number of benzene rings is 2. The molecule has 0 spiro atoms. The number of guanidine groups is 1. The molecule has 0 radical (unpaired) electrons. The lowest BCUT2D eigenvalue weighted by Crippen LogP contribution is -2.36. The summed E-state index contributed by atoms with van der Waals surface area (Å²) in [4.78, 5) is 4.26. The number of halogens is 2. The number of aliphatic imine (C=N–C) groups is 1. The first-order chi connectivity index (χ1) is 13.1. The van der Waals surface area contributed by atoms with Crippen LogP contribution in [0.4, 0.5) is 0 Å². The minimum absolute atomic E-state index is 0. The molecule has 2 N–H and O–H groups in total. The van der Waals surface area contributed by atoms with Crippen molar-refractivity contribution < 1.29 is 18.9 Å². The van der Waals surface area contributed by atoms with E-state index in [-0.39, 0.29) is 30.8 Å². The van der Waals surface area contributed by atoms with E-state index in [0.29, 0.717) is 30.5 Å². The molecule has 0 fully saturated rings. The third-order valence-corrected chi connectivity index (χ3v) is 4.67. The normalized spacial score (nSPS) is 12.2. The van der Waals surface area contributed by atoms with Crippen molar-refractivity contribution in [3.8, 4) is 23.0 Å². The van der Waals surface area contributed by atoms with Crippen LogP contribution in [0.3, 0.4) is 0 Å². The largest absolute Gasteiger partial charge is 0.493 e. The summed E-state index contributed by atoms with van der Waals surface area (Å²) in [5, 5.41) is 6.58. The predicted octanol–water partition coefficient (Wildman–Crippen LogP) is 3.68. The average molecular weight is 564 g/mol. The Labute approximate surface area is 189 Å². The van der Waals surface area contributed by atoms with E-state index in [1.165, 1.54) is 0 Å². The summed E-state index contributed by atoms with van der Waals surface area (Å²) >= 11 is 3.51. The van der Waals surface area contributed by atoms with E-state index in [4.69, 9.17) is 18.9 Å². The van der Waals surface area contributed by atoms with Crippen molar-refractivity contribution >= 4 is 45.9 Å². The molecule has 0 aromatic heterocycles. The second-order valence-corrected chi connectivity index (χ2v) is 6.63. The van der Waals surface area contributed by atoms with Gasteiger partial charge in [0.2, 0.25) is 6.79 Å². The SMILES string of the molecule is CN=C(NCc1ccc(OC)c(OC)c1)NCc1cc(Br)c2c(c1)OCO2.I. The van der Waals surface area contributed by atoms with Crippen molar-refractivity contribution in [3.05, 3.63) is 45.9 Å². The Morgan fingerprint density at radius 1 is 1.04 bits per heavy atom. The fourth-order valence-electron chi connectivity index (χ4n) is 2.71. The molecule has 152 valence electrons. The monoisotopic (exact) mass is 563 g/mol. The molecule has 0 aliphatic carbocycles. The molecular weight excluding hydrogens is 541 g/mol. The van der Waals surface area contributed by atoms with Crippen LogP contribution in [-0.2, 0) is 13.1 Å². The van der Waals surface area contributed by atoms with Gasteiger partial charge in [-0.3, -0.25) is 4.99 Å². The predicted molar refractivity (Wildman–Crippen MR) is 122 cm³/mol. The van der Waals surface area contributed by atoms with Gasteiger partial charge in [-0.1, -0.05) is 6.07 Å². The minimum atomic E-state index is 0. The molecule has 0 bridgehead atoms. The van der Waals surface area contributed by atoms with E-state index in [1.54, 1.807) is 21.3 Å². The lowest BCUT2D eigenvalue weighted by molar-refractivity contribution is 0.173. The van der Waals surface area contributed by atoms with E-state index in [1.807, 2.05) is 30.3 Å². The number of ether oxygens (including phenoxy) is 4. The zero-order chi connectivity index (χ0) is 19.2. The highest BCUT2D eigenvalue weighted by Crippen LogP contribution is 2.39. The topological polar surface area (TPSA) is 73.3 Å². The first kappa shape index (κ1) is 22.4. The highest BCUT2D eigenvalue weighted by Gasteiger charge is 2.18. The molecule has 1 aliphatic rings. The number of nitrogens with zero attached hydrogens (tertiary/aromatic N) is 1. The molecule has 3 rings (SSSR count). The fraction of sp³-hybridized carbons (Fsp3) is 0.316. The molecule has 9 heteroatoms. The van der Waals surface area contributed by atoms with Crippen molar-refractivity contribution in [3.63, 3.8) is 0 Å². The summed E-state index contributed by atoms with van der Waals surface area (Å²) in [5.41, 5.74) is 2.11. The van der Waals surface area contributed by atoms with E-state index in [0.717, 1.165) is 27.1 Å². The van der Waals surface area contributed by atoms with E-state index >= 15 is 0 Å². The van der Waals surface area contributed by atoms with Crippen molar-refractivity contribution in [1.82, 2.24) is 10.6 Å². The van der Waals surface area contributed by atoms with Gasteiger partial charge in [-0.25, -0.2) is 0 Å². The fourth-order valence-corrected chi connectivity index (χ4v) is 3.31. The van der Waals surface area contributed by atoms with Gasteiger partial charge in [0.25, 0.3) is 0 Å². The zero-order valence-corrected chi connectivity index (χ0v) is 19.8. The summed E-state index contributed by atoms with van der Waals surface area (Å²) in [5.74, 6) is 3.59. The number of hydrogen-bond donors (Lipinski definition) is 2. The van der Waals surface area contributed by atoms with Crippen LogP contribution in [0.25, 0.3) is 0 Å². The molecule has 0 atom stereocenters. The Morgan fingerprint density at radius 2 is 1.75 bits per heavy atom. The maximum absolute atomic E-state index is 5.45. The smallest absolute Gasteiger partial charge is 0.231 e. The number of nitrogens with one attached hydrogen (secondary N) is 2. The van der Waals surface area contributed by atoms with Crippen molar-refractivity contribution in [2.45, 2.75) is 13.1 Å². The van der Waals surface area contributed by atoms with Gasteiger partial charge in [-0.2, -0.15) is 0 Å². The highest BCUT2D eigenvalue weighted by molar-refractivity contribution is 14.0. The molecule has 1 heterocycles. The van der Waals surface area contributed by atoms with Crippen LogP contribution in [0.2, 0.25) is 0 Å². The Kier molecular flexibility index (Phi) is 8.49. The Bertz CT molecular complexity index is 848. The van der Waals surface area contributed by atoms with Crippen LogP contribution in [-0.4, -0.2) is 34.0 Å². The van der Waals surface area contributed by atoms with Gasteiger partial charge in [0.15, 0.2) is 29.0 Å². The molecule has 2 aromatic rings. The van der Waals surface area contributed by atoms with Crippen LogP contribution in [0, 0.1) is 0 Å². The van der Waals surface area contributed by atoms with Gasteiger partial charge in [0.1, 0.15) is 0 Å². The first-order valence-electron chi connectivity index (χ1n) is 8.38. The second kappa shape index (κ2) is 10.6. The van der Waals surface area contributed by atoms with Gasteiger partial charge < -0.3 is 29.6 Å². The number of methoxy groups -OCH3 is 2. The molecule has 0 amide bonds. The molecule has 28 heavy (non-hydrogen) atoms. The quantitative estimate of drug-likeness (QED) is 0.317. The van der Waals surface area contributed by atoms with Gasteiger partial charge in [0.05, 0.1) is 18.7 Å². The summed E-state index contributed by atoms with van der Waals surface area (Å²) in [6.07, 6.45) is 0. The maximum Gasteiger partial charge on any atom is 0.231 e. The Morgan fingerprint density at radius 3 is 2.43 bits per heavy atom. The highest BCUT2D eigenvalue weighted by atomic mass is 127.